The summed E-state index contributed by atoms with van der Waals surface area (Å²) in [6.07, 6.45) is 2.56. The van der Waals surface area contributed by atoms with Crippen LogP contribution in [0.4, 0.5) is 0 Å². The van der Waals surface area contributed by atoms with Crippen LogP contribution >= 0.6 is 0 Å². The van der Waals surface area contributed by atoms with Gasteiger partial charge in [-0.05, 0) is 37.6 Å². The maximum Gasteiger partial charge on any atom is 0.330 e. The van der Waals surface area contributed by atoms with E-state index in [1.54, 1.807) is 20.0 Å². The number of esters is 1. The van der Waals surface area contributed by atoms with Crippen molar-refractivity contribution in [3.8, 4) is 11.3 Å². The number of aliphatic hydroxyl groups excluding tert-OH is 2. The minimum Gasteiger partial charge on any atom is -0.458 e. The summed E-state index contributed by atoms with van der Waals surface area (Å²) >= 11 is 0. The minimum absolute atomic E-state index is 0. The van der Waals surface area contributed by atoms with E-state index >= 15 is 0 Å². The third kappa shape index (κ3) is 10.2. The van der Waals surface area contributed by atoms with E-state index in [0.29, 0.717) is 6.42 Å². The summed E-state index contributed by atoms with van der Waals surface area (Å²) in [5.41, 5.74) is 2.60. The first-order valence-electron chi connectivity index (χ1n) is 7.99. The average Bonchev–Trinajstić information content (AvgIpc) is 2.60. The standard InChI is InChI=1S/C15H12NO2.C5H12O2.Ir/c1-2-15(17)18-11-12-8-9-16-14(10-12)13-6-4-3-5-7-13;1-4(6)3-5(2)7;/h2-6,8-10H,1,11H2;4-7H,3H2,1-2H3;/q-1;;. The fourth-order valence-corrected chi connectivity index (χ4v) is 1.97. The second kappa shape index (κ2) is 13.4. The van der Waals surface area contributed by atoms with Gasteiger partial charge in [0.2, 0.25) is 0 Å². The van der Waals surface area contributed by atoms with Gasteiger partial charge in [0.05, 0.1) is 12.2 Å². The van der Waals surface area contributed by atoms with Crippen molar-refractivity contribution < 1.29 is 39.8 Å². The van der Waals surface area contributed by atoms with Crippen molar-refractivity contribution in [2.75, 3.05) is 0 Å². The fraction of sp³-hybridized carbons (Fsp3) is 0.300. The smallest absolute Gasteiger partial charge is 0.330 e. The maximum absolute atomic E-state index is 11.0. The molecule has 0 fully saturated rings. The molecule has 2 unspecified atom stereocenters. The number of nitrogens with zero attached hydrogens (tertiary/aromatic N) is 1. The molecule has 1 radical (unpaired) electrons. The van der Waals surface area contributed by atoms with E-state index in [4.69, 9.17) is 14.9 Å². The Bertz CT molecular complexity index is 654. The van der Waals surface area contributed by atoms with Crippen molar-refractivity contribution in [1.29, 1.82) is 0 Å². The van der Waals surface area contributed by atoms with E-state index in [2.05, 4.69) is 17.6 Å². The molecule has 0 saturated carbocycles. The monoisotopic (exact) mass is 535 g/mol. The first-order valence-corrected chi connectivity index (χ1v) is 7.99. The molecule has 1 aromatic carbocycles. The molecule has 0 bridgehead atoms. The average molecular weight is 535 g/mol. The number of aliphatic hydroxyl groups is 2. The number of ether oxygens (including phenoxy) is 1. The molecule has 26 heavy (non-hydrogen) atoms. The third-order valence-corrected chi connectivity index (χ3v) is 3.04. The Balaban J connectivity index is 0.000000673. The van der Waals surface area contributed by atoms with E-state index in [0.717, 1.165) is 22.9 Å². The number of carbonyl (C=O) groups excluding carboxylic acids is 1. The molecule has 0 aliphatic heterocycles. The van der Waals surface area contributed by atoms with Gasteiger partial charge in [-0.3, -0.25) is 0 Å². The zero-order valence-electron chi connectivity index (χ0n) is 14.9. The van der Waals surface area contributed by atoms with E-state index in [1.807, 2.05) is 36.4 Å². The Morgan fingerprint density at radius 1 is 1.31 bits per heavy atom. The molecule has 2 atom stereocenters. The molecule has 0 amide bonds. The summed E-state index contributed by atoms with van der Waals surface area (Å²) in [7, 11) is 0. The first-order chi connectivity index (χ1) is 11.9. The summed E-state index contributed by atoms with van der Waals surface area (Å²) in [6, 6.07) is 14.4. The van der Waals surface area contributed by atoms with Crippen molar-refractivity contribution in [3.63, 3.8) is 0 Å². The Morgan fingerprint density at radius 3 is 2.50 bits per heavy atom. The van der Waals surface area contributed by atoms with Crippen LogP contribution in [0.1, 0.15) is 25.8 Å². The van der Waals surface area contributed by atoms with Crippen molar-refractivity contribution in [2.45, 2.75) is 39.1 Å². The first kappa shape index (κ1) is 24.1. The third-order valence-electron chi connectivity index (χ3n) is 3.04. The summed E-state index contributed by atoms with van der Waals surface area (Å²) in [5, 5.41) is 17.1. The Labute approximate surface area is 168 Å². The van der Waals surface area contributed by atoms with Gasteiger partial charge in [0, 0.05) is 32.4 Å². The zero-order valence-corrected chi connectivity index (χ0v) is 17.3. The molecule has 2 rings (SSSR count). The van der Waals surface area contributed by atoms with Crippen LogP contribution in [-0.4, -0.2) is 33.4 Å². The Kier molecular flexibility index (Phi) is 12.4. The molecule has 2 N–H and O–H groups in total. The number of hydrogen-bond donors (Lipinski definition) is 2. The maximum atomic E-state index is 11.0. The molecule has 0 spiro atoms. The minimum atomic E-state index is -0.431. The van der Waals surface area contributed by atoms with Gasteiger partial charge in [-0.15, -0.1) is 35.9 Å². The Morgan fingerprint density at radius 2 is 2.00 bits per heavy atom. The molecule has 6 heteroatoms. The van der Waals surface area contributed by atoms with Crippen LogP contribution < -0.4 is 0 Å². The van der Waals surface area contributed by atoms with Crippen LogP contribution in [0.25, 0.3) is 11.3 Å². The summed E-state index contributed by atoms with van der Waals surface area (Å²) in [6.45, 7) is 6.88. The van der Waals surface area contributed by atoms with Gasteiger partial charge < -0.3 is 19.9 Å². The van der Waals surface area contributed by atoms with E-state index in [9.17, 15) is 4.79 Å². The van der Waals surface area contributed by atoms with Crippen LogP contribution in [-0.2, 0) is 36.2 Å². The number of hydrogen-bond acceptors (Lipinski definition) is 5. The van der Waals surface area contributed by atoms with Gasteiger partial charge in [-0.25, -0.2) is 4.79 Å². The van der Waals surface area contributed by atoms with Crippen LogP contribution in [0.5, 0.6) is 0 Å². The molecule has 1 aromatic heterocycles. The van der Waals surface area contributed by atoms with E-state index in [1.165, 1.54) is 0 Å². The molecule has 0 saturated heterocycles. The second-order valence-corrected chi connectivity index (χ2v) is 5.57. The predicted octanol–water partition coefficient (Wildman–Crippen LogP) is 2.91. The Hall–Kier alpha value is -1.85. The number of aromatic nitrogens is 1. The van der Waals surface area contributed by atoms with E-state index < -0.39 is 5.97 Å². The SMILES string of the molecule is C=CC(=O)OCc1ccnc(-c2[c-]cccc2)c1.CC(O)CC(C)O.[Ir]. The number of pyridine rings is 1. The van der Waals surface area contributed by atoms with Crippen LogP contribution in [0, 0.1) is 6.07 Å². The van der Waals surface area contributed by atoms with Crippen LogP contribution in [0.2, 0.25) is 0 Å². The van der Waals surface area contributed by atoms with Crippen LogP contribution in [0.15, 0.2) is 55.3 Å². The molecular weight excluding hydrogens is 510 g/mol. The summed E-state index contributed by atoms with van der Waals surface area (Å²) < 4.78 is 4.97. The molecule has 0 aliphatic carbocycles. The molecule has 2 aromatic rings. The number of benzene rings is 1. The summed E-state index contributed by atoms with van der Waals surface area (Å²) in [4.78, 5) is 15.2. The van der Waals surface area contributed by atoms with Crippen molar-refractivity contribution >= 4 is 5.97 Å². The van der Waals surface area contributed by atoms with Crippen molar-refractivity contribution in [1.82, 2.24) is 4.98 Å². The molecule has 143 valence electrons. The van der Waals surface area contributed by atoms with Gasteiger partial charge in [0.1, 0.15) is 6.61 Å². The molecule has 5 nitrogen and oxygen atoms in total. The normalized spacial score (nSPS) is 11.8. The molecular formula is C20H24IrNO4-. The van der Waals surface area contributed by atoms with Gasteiger partial charge in [-0.1, -0.05) is 12.6 Å². The van der Waals surface area contributed by atoms with Gasteiger partial charge in [0.25, 0.3) is 0 Å². The van der Waals surface area contributed by atoms with Gasteiger partial charge >= 0.3 is 5.97 Å². The fourth-order valence-electron chi connectivity index (χ4n) is 1.97. The molecule has 0 aliphatic rings. The number of rotatable bonds is 6. The number of carbonyl (C=O) groups is 1. The van der Waals surface area contributed by atoms with Gasteiger partial charge in [0.15, 0.2) is 0 Å². The second-order valence-electron chi connectivity index (χ2n) is 5.57. The predicted molar refractivity (Wildman–Crippen MR) is 96.5 cm³/mol. The van der Waals surface area contributed by atoms with Crippen molar-refractivity contribution in [2.24, 2.45) is 0 Å². The van der Waals surface area contributed by atoms with Crippen LogP contribution in [0.3, 0.4) is 0 Å². The van der Waals surface area contributed by atoms with Crippen molar-refractivity contribution in [3.05, 3.63) is 66.9 Å². The quantitative estimate of drug-likeness (QED) is 0.339. The summed E-state index contributed by atoms with van der Waals surface area (Å²) in [5.74, 6) is -0.431. The van der Waals surface area contributed by atoms with Gasteiger partial charge in [-0.2, -0.15) is 0 Å². The topological polar surface area (TPSA) is 79.7 Å². The van der Waals surface area contributed by atoms with E-state index in [-0.39, 0.29) is 38.9 Å². The zero-order chi connectivity index (χ0) is 18.7. The largest absolute Gasteiger partial charge is 0.458 e. The molecule has 1 heterocycles.